The van der Waals surface area contributed by atoms with Crippen LogP contribution >= 0.6 is 0 Å². The highest BCUT2D eigenvalue weighted by Crippen LogP contribution is 2.38. The standard InChI is InChI=1S/C15H15N3O4/c19-12(20)8-9-4-6-11(7-5-9)18-14(10-2-1-3-10)13(15(21)22)16-17-18/h4-7,10H,1-3,8H2,(H,19,20)(H,21,22). The van der Waals surface area contributed by atoms with Crippen LogP contribution in [0.25, 0.3) is 5.69 Å². The normalized spacial score (nSPS) is 14.5. The zero-order chi connectivity index (χ0) is 15.7. The van der Waals surface area contributed by atoms with Crippen molar-refractivity contribution in [3.05, 3.63) is 41.2 Å². The van der Waals surface area contributed by atoms with E-state index in [1.165, 1.54) is 0 Å². The molecule has 0 radical (unpaired) electrons. The Hall–Kier alpha value is -2.70. The van der Waals surface area contributed by atoms with Crippen molar-refractivity contribution in [3.8, 4) is 5.69 Å². The van der Waals surface area contributed by atoms with E-state index in [0.29, 0.717) is 16.9 Å². The first-order valence-electron chi connectivity index (χ1n) is 7.06. The fourth-order valence-corrected chi connectivity index (χ4v) is 2.61. The summed E-state index contributed by atoms with van der Waals surface area (Å²) in [4.78, 5) is 22.0. The van der Waals surface area contributed by atoms with Crippen LogP contribution in [0.2, 0.25) is 0 Å². The van der Waals surface area contributed by atoms with Crippen LogP contribution in [-0.2, 0) is 11.2 Å². The Morgan fingerprint density at radius 1 is 1.18 bits per heavy atom. The zero-order valence-electron chi connectivity index (χ0n) is 11.8. The predicted molar refractivity (Wildman–Crippen MR) is 76.3 cm³/mol. The highest BCUT2D eigenvalue weighted by Gasteiger charge is 2.30. The van der Waals surface area contributed by atoms with E-state index in [1.54, 1.807) is 28.9 Å². The van der Waals surface area contributed by atoms with Gasteiger partial charge in [0.1, 0.15) is 0 Å². The molecule has 0 amide bonds. The maximum atomic E-state index is 11.3. The van der Waals surface area contributed by atoms with E-state index < -0.39 is 11.9 Å². The molecule has 2 aromatic rings. The minimum Gasteiger partial charge on any atom is -0.481 e. The van der Waals surface area contributed by atoms with Crippen molar-refractivity contribution in [1.29, 1.82) is 0 Å². The van der Waals surface area contributed by atoms with Gasteiger partial charge in [-0.05, 0) is 30.5 Å². The topological polar surface area (TPSA) is 105 Å². The monoisotopic (exact) mass is 301 g/mol. The first-order chi connectivity index (χ1) is 10.6. The van der Waals surface area contributed by atoms with Gasteiger partial charge in [0.05, 0.1) is 17.8 Å². The minimum atomic E-state index is -1.07. The number of carboxylic acid groups (broad SMARTS) is 2. The highest BCUT2D eigenvalue weighted by molar-refractivity contribution is 5.87. The number of carbonyl (C=O) groups is 2. The number of aromatic nitrogens is 3. The van der Waals surface area contributed by atoms with Crippen LogP contribution in [0.3, 0.4) is 0 Å². The van der Waals surface area contributed by atoms with Crippen LogP contribution < -0.4 is 0 Å². The zero-order valence-corrected chi connectivity index (χ0v) is 11.8. The van der Waals surface area contributed by atoms with Crippen molar-refractivity contribution < 1.29 is 19.8 Å². The number of hydrogen-bond acceptors (Lipinski definition) is 4. The Morgan fingerprint density at radius 2 is 1.86 bits per heavy atom. The minimum absolute atomic E-state index is 0.000637. The third kappa shape index (κ3) is 2.57. The molecule has 0 bridgehead atoms. The summed E-state index contributed by atoms with van der Waals surface area (Å²) in [5.41, 5.74) is 2.00. The van der Waals surface area contributed by atoms with Crippen molar-refractivity contribution in [2.24, 2.45) is 0 Å². The molecule has 114 valence electrons. The fraction of sp³-hybridized carbons (Fsp3) is 0.333. The quantitative estimate of drug-likeness (QED) is 0.873. The summed E-state index contributed by atoms with van der Waals surface area (Å²) in [5, 5.41) is 25.8. The van der Waals surface area contributed by atoms with E-state index >= 15 is 0 Å². The summed E-state index contributed by atoms with van der Waals surface area (Å²) in [5.74, 6) is -1.80. The Kier molecular flexibility index (Phi) is 3.62. The first-order valence-corrected chi connectivity index (χ1v) is 7.06. The molecule has 1 aliphatic rings. The first kappa shape index (κ1) is 14.2. The molecule has 0 spiro atoms. The molecule has 7 heteroatoms. The van der Waals surface area contributed by atoms with E-state index in [9.17, 15) is 14.7 Å². The average Bonchev–Trinajstić information content (AvgIpc) is 2.81. The number of nitrogens with zero attached hydrogens (tertiary/aromatic N) is 3. The van der Waals surface area contributed by atoms with Gasteiger partial charge in [0.15, 0.2) is 5.69 Å². The Bertz CT molecular complexity index is 717. The van der Waals surface area contributed by atoms with Crippen LogP contribution in [0.5, 0.6) is 0 Å². The second-order valence-electron chi connectivity index (χ2n) is 5.41. The molecular weight excluding hydrogens is 286 g/mol. The molecule has 0 saturated heterocycles. The van der Waals surface area contributed by atoms with Crippen LogP contribution in [0, 0.1) is 0 Å². The number of hydrogen-bond donors (Lipinski definition) is 2. The van der Waals surface area contributed by atoms with Crippen LogP contribution in [0.4, 0.5) is 0 Å². The maximum Gasteiger partial charge on any atom is 0.358 e. The Labute approximate surface area is 126 Å². The van der Waals surface area contributed by atoms with Gasteiger partial charge in [0.2, 0.25) is 0 Å². The van der Waals surface area contributed by atoms with Crippen molar-refractivity contribution >= 4 is 11.9 Å². The highest BCUT2D eigenvalue weighted by atomic mass is 16.4. The predicted octanol–water partition coefficient (Wildman–Crippen LogP) is 1.86. The summed E-state index contributed by atoms with van der Waals surface area (Å²) in [6.07, 6.45) is 2.90. The van der Waals surface area contributed by atoms with Gasteiger partial charge in [-0.15, -0.1) is 5.10 Å². The van der Waals surface area contributed by atoms with Gasteiger partial charge in [0.25, 0.3) is 0 Å². The third-order valence-corrected chi connectivity index (χ3v) is 3.94. The molecule has 1 saturated carbocycles. The van der Waals surface area contributed by atoms with Crippen LogP contribution in [-0.4, -0.2) is 37.1 Å². The van der Waals surface area contributed by atoms with Gasteiger partial charge in [-0.3, -0.25) is 4.79 Å². The lowest BCUT2D eigenvalue weighted by molar-refractivity contribution is -0.136. The van der Waals surface area contributed by atoms with Gasteiger partial charge in [-0.2, -0.15) is 0 Å². The lowest BCUT2D eigenvalue weighted by atomic mass is 9.82. The maximum absolute atomic E-state index is 11.3. The lowest BCUT2D eigenvalue weighted by Crippen LogP contribution is -2.17. The molecule has 1 aromatic carbocycles. The second-order valence-corrected chi connectivity index (χ2v) is 5.41. The average molecular weight is 301 g/mol. The molecular formula is C15H15N3O4. The lowest BCUT2D eigenvalue weighted by Gasteiger charge is -2.26. The smallest absolute Gasteiger partial charge is 0.358 e. The second kappa shape index (κ2) is 5.59. The molecule has 3 rings (SSSR count). The Balaban J connectivity index is 1.97. The van der Waals surface area contributed by atoms with Gasteiger partial charge >= 0.3 is 11.9 Å². The molecule has 1 heterocycles. The van der Waals surface area contributed by atoms with E-state index in [2.05, 4.69) is 10.3 Å². The molecule has 2 N–H and O–H groups in total. The number of rotatable bonds is 5. The SMILES string of the molecule is O=C(O)Cc1ccc(-n2nnc(C(=O)O)c2C2CCC2)cc1. The summed E-state index contributed by atoms with van der Waals surface area (Å²) >= 11 is 0. The van der Waals surface area contributed by atoms with Crippen LogP contribution in [0.1, 0.15) is 46.9 Å². The van der Waals surface area contributed by atoms with Gasteiger partial charge in [-0.25, -0.2) is 9.48 Å². The van der Waals surface area contributed by atoms with Crippen molar-refractivity contribution in [1.82, 2.24) is 15.0 Å². The number of aliphatic carboxylic acids is 1. The molecule has 7 nitrogen and oxygen atoms in total. The molecule has 0 unspecified atom stereocenters. The molecule has 22 heavy (non-hydrogen) atoms. The van der Waals surface area contributed by atoms with Crippen molar-refractivity contribution in [3.63, 3.8) is 0 Å². The van der Waals surface area contributed by atoms with Gasteiger partial charge in [-0.1, -0.05) is 23.8 Å². The number of benzene rings is 1. The van der Waals surface area contributed by atoms with E-state index in [4.69, 9.17) is 5.11 Å². The summed E-state index contributed by atoms with van der Waals surface area (Å²) < 4.78 is 1.55. The van der Waals surface area contributed by atoms with Gasteiger partial charge in [0, 0.05) is 5.92 Å². The number of carboxylic acids is 2. The molecule has 0 atom stereocenters. The van der Waals surface area contributed by atoms with Gasteiger partial charge < -0.3 is 10.2 Å². The van der Waals surface area contributed by atoms with E-state index in [1.807, 2.05) is 0 Å². The molecule has 1 fully saturated rings. The largest absolute Gasteiger partial charge is 0.481 e. The van der Waals surface area contributed by atoms with Crippen molar-refractivity contribution in [2.75, 3.05) is 0 Å². The fourth-order valence-electron chi connectivity index (χ4n) is 2.61. The summed E-state index contributed by atoms with van der Waals surface area (Å²) in [6, 6.07) is 6.88. The van der Waals surface area contributed by atoms with E-state index in [0.717, 1.165) is 19.3 Å². The van der Waals surface area contributed by atoms with E-state index in [-0.39, 0.29) is 18.0 Å². The summed E-state index contributed by atoms with van der Waals surface area (Å²) in [6.45, 7) is 0. The Morgan fingerprint density at radius 3 is 2.36 bits per heavy atom. The summed E-state index contributed by atoms with van der Waals surface area (Å²) in [7, 11) is 0. The van der Waals surface area contributed by atoms with Crippen LogP contribution in [0.15, 0.2) is 24.3 Å². The molecule has 1 aromatic heterocycles. The molecule has 1 aliphatic carbocycles. The van der Waals surface area contributed by atoms with Crippen molar-refractivity contribution in [2.45, 2.75) is 31.6 Å². The molecule has 0 aliphatic heterocycles. The third-order valence-electron chi connectivity index (χ3n) is 3.94. The number of aromatic carboxylic acids is 1.